The van der Waals surface area contributed by atoms with Crippen LogP contribution in [-0.4, -0.2) is 28.5 Å². The summed E-state index contributed by atoms with van der Waals surface area (Å²) < 4.78 is 1.89. The van der Waals surface area contributed by atoms with Gasteiger partial charge in [-0.2, -0.15) is 0 Å². The molecule has 0 unspecified atom stereocenters. The molecule has 16 heavy (non-hydrogen) atoms. The minimum Gasteiger partial charge on any atom is -0.347 e. The van der Waals surface area contributed by atoms with E-state index in [0.29, 0.717) is 6.04 Å². The molecule has 0 radical (unpaired) electrons. The first-order chi connectivity index (χ1) is 7.70. The van der Waals surface area contributed by atoms with Crippen molar-refractivity contribution in [3.8, 4) is 0 Å². The summed E-state index contributed by atoms with van der Waals surface area (Å²) in [4.78, 5) is 14.2. The van der Waals surface area contributed by atoms with Crippen LogP contribution in [0.3, 0.4) is 0 Å². The Morgan fingerprint density at radius 3 is 2.62 bits per heavy atom. The minimum absolute atomic E-state index is 0.152. The summed E-state index contributed by atoms with van der Waals surface area (Å²) in [5.41, 5.74) is 0.785. The van der Waals surface area contributed by atoms with Gasteiger partial charge in [0.25, 0.3) is 5.91 Å². The maximum atomic E-state index is 12.2. The molecular weight excluding hydrogens is 200 g/mol. The zero-order valence-electron chi connectivity index (χ0n) is 10.1. The quantitative estimate of drug-likeness (QED) is 0.751. The molecule has 0 bridgehead atoms. The molecule has 1 heterocycles. The van der Waals surface area contributed by atoms with Crippen LogP contribution in [0.2, 0.25) is 0 Å². The predicted molar refractivity (Wildman–Crippen MR) is 64.4 cm³/mol. The van der Waals surface area contributed by atoms with E-state index in [4.69, 9.17) is 0 Å². The molecule has 1 aromatic rings. The number of aryl methyl sites for hydroxylation is 1. The third-order valence-corrected chi connectivity index (χ3v) is 3.61. The summed E-state index contributed by atoms with van der Waals surface area (Å²) in [6, 6.07) is 4.25. The van der Waals surface area contributed by atoms with Crippen molar-refractivity contribution in [2.24, 2.45) is 7.05 Å². The van der Waals surface area contributed by atoms with Gasteiger partial charge in [0, 0.05) is 26.3 Å². The molecule has 0 N–H and O–H groups in total. The highest BCUT2D eigenvalue weighted by Crippen LogP contribution is 2.22. The fourth-order valence-corrected chi connectivity index (χ4v) is 2.50. The number of amides is 1. The highest BCUT2D eigenvalue weighted by molar-refractivity contribution is 5.92. The molecule has 3 heteroatoms. The Bertz CT molecular complexity index is 364. The lowest BCUT2D eigenvalue weighted by Crippen LogP contribution is -2.38. The second-order valence-corrected chi connectivity index (χ2v) is 4.71. The predicted octanol–water partition coefficient (Wildman–Crippen LogP) is 2.43. The van der Waals surface area contributed by atoms with Gasteiger partial charge in [-0.3, -0.25) is 4.79 Å². The van der Waals surface area contributed by atoms with Crippen molar-refractivity contribution in [2.75, 3.05) is 7.05 Å². The van der Waals surface area contributed by atoms with Crippen LogP contribution in [0.4, 0.5) is 0 Å². The van der Waals surface area contributed by atoms with Crippen molar-refractivity contribution < 1.29 is 4.79 Å². The Labute approximate surface area is 97.1 Å². The molecule has 2 rings (SSSR count). The number of rotatable bonds is 2. The molecule has 1 aromatic heterocycles. The first-order valence-corrected chi connectivity index (χ1v) is 6.08. The van der Waals surface area contributed by atoms with Crippen LogP contribution >= 0.6 is 0 Å². The molecule has 1 saturated carbocycles. The molecule has 1 aliphatic rings. The number of nitrogens with zero attached hydrogens (tertiary/aromatic N) is 2. The molecule has 0 aliphatic heterocycles. The molecule has 0 saturated heterocycles. The first-order valence-electron chi connectivity index (χ1n) is 6.08. The van der Waals surface area contributed by atoms with Crippen LogP contribution < -0.4 is 0 Å². The Kier molecular flexibility index (Phi) is 3.32. The van der Waals surface area contributed by atoms with E-state index in [0.717, 1.165) is 18.5 Å². The smallest absolute Gasteiger partial charge is 0.270 e. The van der Waals surface area contributed by atoms with E-state index < -0.39 is 0 Å². The summed E-state index contributed by atoms with van der Waals surface area (Å²) in [6.45, 7) is 0. The Morgan fingerprint density at radius 2 is 2.06 bits per heavy atom. The van der Waals surface area contributed by atoms with E-state index in [-0.39, 0.29) is 5.91 Å². The fourth-order valence-electron chi connectivity index (χ4n) is 2.50. The first kappa shape index (κ1) is 11.2. The van der Waals surface area contributed by atoms with E-state index >= 15 is 0 Å². The van der Waals surface area contributed by atoms with Crippen LogP contribution in [0.1, 0.15) is 42.6 Å². The van der Waals surface area contributed by atoms with Crippen molar-refractivity contribution in [3.05, 3.63) is 24.0 Å². The van der Waals surface area contributed by atoms with Crippen LogP contribution in [0.5, 0.6) is 0 Å². The summed E-state index contributed by atoms with van der Waals surface area (Å²) in [6.07, 6.45) is 8.08. The molecular formula is C13H20N2O. The van der Waals surface area contributed by atoms with E-state index in [2.05, 4.69) is 0 Å². The third kappa shape index (κ3) is 2.13. The van der Waals surface area contributed by atoms with E-state index in [1.165, 1.54) is 19.3 Å². The lowest BCUT2D eigenvalue weighted by atomic mass is 9.94. The number of aromatic nitrogens is 1. The Hall–Kier alpha value is -1.25. The highest BCUT2D eigenvalue weighted by Gasteiger charge is 2.23. The summed E-state index contributed by atoms with van der Waals surface area (Å²) in [7, 11) is 3.85. The number of carbonyl (C=O) groups excluding carboxylic acids is 1. The van der Waals surface area contributed by atoms with Crippen molar-refractivity contribution in [2.45, 2.75) is 38.1 Å². The van der Waals surface area contributed by atoms with Crippen molar-refractivity contribution in [1.29, 1.82) is 0 Å². The molecule has 1 aliphatic carbocycles. The molecule has 0 atom stereocenters. The van der Waals surface area contributed by atoms with Crippen molar-refractivity contribution >= 4 is 5.91 Å². The topological polar surface area (TPSA) is 25.2 Å². The summed E-state index contributed by atoms with van der Waals surface area (Å²) in [5.74, 6) is 0.152. The largest absolute Gasteiger partial charge is 0.347 e. The van der Waals surface area contributed by atoms with Gasteiger partial charge < -0.3 is 9.47 Å². The van der Waals surface area contributed by atoms with Crippen LogP contribution in [0.25, 0.3) is 0 Å². The fraction of sp³-hybridized carbons (Fsp3) is 0.615. The average Bonchev–Trinajstić information content (AvgIpc) is 2.75. The van der Waals surface area contributed by atoms with Crippen LogP contribution in [0, 0.1) is 0 Å². The second-order valence-electron chi connectivity index (χ2n) is 4.71. The normalized spacial score (nSPS) is 17.4. The van der Waals surface area contributed by atoms with Crippen molar-refractivity contribution in [3.63, 3.8) is 0 Å². The minimum atomic E-state index is 0.152. The number of hydrogen-bond donors (Lipinski definition) is 0. The van der Waals surface area contributed by atoms with Crippen molar-refractivity contribution in [1.82, 2.24) is 9.47 Å². The monoisotopic (exact) mass is 220 g/mol. The van der Waals surface area contributed by atoms with Gasteiger partial charge in [-0.05, 0) is 25.0 Å². The molecule has 3 nitrogen and oxygen atoms in total. The molecule has 88 valence electrons. The summed E-state index contributed by atoms with van der Waals surface area (Å²) >= 11 is 0. The van der Waals surface area contributed by atoms with Crippen LogP contribution in [-0.2, 0) is 7.05 Å². The lowest BCUT2D eigenvalue weighted by molar-refractivity contribution is 0.0686. The van der Waals surface area contributed by atoms with E-state index in [1.807, 2.05) is 41.9 Å². The molecule has 1 fully saturated rings. The van der Waals surface area contributed by atoms with Gasteiger partial charge in [-0.1, -0.05) is 19.3 Å². The SMILES string of the molecule is CN(C(=O)c1cccn1C)C1CCCCC1. The van der Waals surface area contributed by atoms with Crippen LogP contribution in [0.15, 0.2) is 18.3 Å². The molecule has 0 spiro atoms. The number of hydrogen-bond acceptors (Lipinski definition) is 1. The van der Waals surface area contributed by atoms with Gasteiger partial charge in [0.2, 0.25) is 0 Å². The standard InChI is InChI=1S/C13H20N2O/c1-14-10-6-9-12(14)13(16)15(2)11-7-4-3-5-8-11/h6,9-11H,3-5,7-8H2,1-2H3. The molecule has 1 amide bonds. The van der Waals surface area contributed by atoms with Gasteiger partial charge in [-0.25, -0.2) is 0 Å². The summed E-state index contributed by atoms with van der Waals surface area (Å²) in [5, 5.41) is 0. The zero-order chi connectivity index (χ0) is 11.5. The highest BCUT2D eigenvalue weighted by atomic mass is 16.2. The Balaban J connectivity index is 2.06. The number of carbonyl (C=O) groups is 1. The van der Waals surface area contributed by atoms with Gasteiger partial charge in [0.1, 0.15) is 5.69 Å². The lowest BCUT2D eigenvalue weighted by Gasteiger charge is -2.31. The zero-order valence-corrected chi connectivity index (χ0v) is 10.1. The maximum Gasteiger partial charge on any atom is 0.270 e. The average molecular weight is 220 g/mol. The van der Waals surface area contributed by atoms with E-state index in [9.17, 15) is 4.79 Å². The Morgan fingerprint density at radius 1 is 1.38 bits per heavy atom. The van der Waals surface area contributed by atoms with Gasteiger partial charge in [-0.15, -0.1) is 0 Å². The van der Waals surface area contributed by atoms with Gasteiger partial charge in [0.05, 0.1) is 0 Å². The van der Waals surface area contributed by atoms with Gasteiger partial charge in [0.15, 0.2) is 0 Å². The second kappa shape index (κ2) is 4.73. The molecule has 0 aromatic carbocycles. The maximum absolute atomic E-state index is 12.2. The van der Waals surface area contributed by atoms with E-state index in [1.54, 1.807) is 0 Å². The van der Waals surface area contributed by atoms with Gasteiger partial charge >= 0.3 is 0 Å². The third-order valence-electron chi connectivity index (χ3n) is 3.61.